The maximum Gasteiger partial charge on any atom is 0.270 e. The minimum Gasteiger partial charge on any atom is -0.298 e. The smallest absolute Gasteiger partial charge is 0.270 e. The average molecular weight is 408 g/mol. The second kappa shape index (κ2) is 8.24. The first kappa shape index (κ1) is 20.2. The second-order valence-corrected chi connectivity index (χ2v) is 6.88. The lowest BCUT2D eigenvalue weighted by Gasteiger charge is -2.27. The Morgan fingerprint density at radius 1 is 1.24 bits per heavy atom. The summed E-state index contributed by atoms with van der Waals surface area (Å²) in [6.45, 7) is 7.42. The fraction of sp³-hybridized carbons (Fsp3) is 0.143. The number of aromatic nitrogens is 1. The van der Waals surface area contributed by atoms with Crippen LogP contribution in [0.1, 0.15) is 27.3 Å². The van der Waals surface area contributed by atoms with E-state index < -0.39 is 11.8 Å². The molecule has 29 heavy (non-hydrogen) atoms. The highest BCUT2D eigenvalue weighted by Gasteiger charge is 2.32. The van der Waals surface area contributed by atoms with Crippen molar-refractivity contribution in [3.8, 4) is 0 Å². The standard InChI is InChI=1S/C21H20N4O3S/c1-4-10-24-20(28)17(19(27)22-21(24)29)12-16-11-13(2)25(14(16)3)23-18(26)15-8-6-5-7-9-15/h4-9,11-12H,1,10H2,2-3H3,(H,23,26)(H,22,27,29)/b17-12-. The number of carbonyl (C=O) groups is 3. The topological polar surface area (TPSA) is 83.4 Å². The van der Waals surface area contributed by atoms with E-state index in [0.29, 0.717) is 16.8 Å². The number of aryl methyl sites for hydroxylation is 1. The van der Waals surface area contributed by atoms with E-state index in [4.69, 9.17) is 12.2 Å². The van der Waals surface area contributed by atoms with Gasteiger partial charge in [-0.15, -0.1) is 6.58 Å². The minimum absolute atomic E-state index is 0.0323. The summed E-state index contributed by atoms with van der Waals surface area (Å²) in [6.07, 6.45) is 3.04. The molecule has 0 bridgehead atoms. The van der Waals surface area contributed by atoms with Crippen molar-refractivity contribution in [3.63, 3.8) is 0 Å². The first-order valence-electron chi connectivity index (χ1n) is 8.88. The lowest BCUT2D eigenvalue weighted by atomic mass is 10.1. The average Bonchev–Trinajstić information content (AvgIpc) is 2.96. The Morgan fingerprint density at radius 2 is 1.93 bits per heavy atom. The number of thiocarbonyl (C=S) groups is 1. The molecule has 1 aromatic carbocycles. The molecule has 0 radical (unpaired) electrons. The van der Waals surface area contributed by atoms with Crippen LogP contribution in [-0.2, 0) is 9.59 Å². The van der Waals surface area contributed by atoms with Crippen LogP contribution >= 0.6 is 12.2 Å². The van der Waals surface area contributed by atoms with Crippen LogP contribution in [0.5, 0.6) is 0 Å². The van der Waals surface area contributed by atoms with Gasteiger partial charge in [-0.1, -0.05) is 24.3 Å². The van der Waals surface area contributed by atoms with Gasteiger partial charge in [0.1, 0.15) is 5.57 Å². The Morgan fingerprint density at radius 3 is 2.59 bits per heavy atom. The summed E-state index contributed by atoms with van der Waals surface area (Å²) in [5.41, 5.74) is 5.39. The maximum absolute atomic E-state index is 12.7. The Balaban J connectivity index is 1.92. The van der Waals surface area contributed by atoms with Crippen molar-refractivity contribution in [1.82, 2.24) is 14.9 Å². The number of nitrogens with zero attached hydrogens (tertiary/aromatic N) is 2. The van der Waals surface area contributed by atoms with Crippen molar-refractivity contribution in [2.45, 2.75) is 13.8 Å². The molecule has 1 aromatic heterocycles. The summed E-state index contributed by atoms with van der Waals surface area (Å²) in [7, 11) is 0. The normalized spacial score (nSPS) is 15.4. The molecule has 1 fully saturated rings. The maximum atomic E-state index is 12.7. The Bertz CT molecular complexity index is 1050. The van der Waals surface area contributed by atoms with E-state index in [1.165, 1.54) is 17.1 Å². The number of hydrogen-bond acceptors (Lipinski definition) is 4. The van der Waals surface area contributed by atoms with Crippen LogP contribution in [0.15, 0.2) is 54.6 Å². The number of benzene rings is 1. The lowest BCUT2D eigenvalue weighted by Crippen LogP contribution is -2.53. The third kappa shape index (κ3) is 4.02. The molecular formula is C21H20N4O3S. The Labute approximate surface area is 173 Å². The van der Waals surface area contributed by atoms with Crippen molar-refractivity contribution < 1.29 is 14.4 Å². The van der Waals surface area contributed by atoms with Gasteiger partial charge in [0.05, 0.1) is 0 Å². The first-order chi connectivity index (χ1) is 13.8. The molecule has 0 aliphatic carbocycles. The largest absolute Gasteiger partial charge is 0.298 e. The van der Waals surface area contributed by atoms with Gasteiger partial charge in [0.2, 0.25) is 0 Å². The molecule has 3 rings (SSSR count). The van der Waals surface area contributed by atoms with Crippen molar-refractivity contribution in [2.24, 2.45) is 0 Å². The van der Waals surface area contributed by atoms with Crippen molar-refractivity contribution in [3.05, 3.63) is 77.1 Å². The first-order valence-corrected chi connectivity index (χ1v) is 9.29. The molecule has 2 heterocycles. The lowest BCUT2D eigenvalue weighted by molar-refractivity contribution is -0.128. The van der Waals surface area contributed by atoms with E-state index in [1.807, 2.05) is 13.0 Å². The molecule has 148 valence electrons. The van der Waals surface area contributed by atoms with E-state index >= 15 is 0 Å². The molecular weight excluding hydrogens is 388 g/mol. The number of amides is 3. The second-order valence-electron chi connectivity index (χ2n) is 6.49. The molecule has 0 atom stereocenters. The zero-order valence-corrected chi connectivity index (χ0v) is 16.9. The molecule has 2 N–H and O–H groups in total. The van der Waals surface area contributed by atoms with Crippen LogP contribution in [0.2, 0.25) is 0 Å². The molecule has 0 spiro atoms. The van der Waals surface area contributed by atoms with Gasteiger partial charge in [-0.25, -0.2) is 0 Å². The van der Waals surface area contributed by atoms with Crippen molar-refractivity contribution in [1.29, 1.82) is 0 Å². The van der Waals surface area contributed by atoms with Gasteiger partial charge >= 0.3 is 0 Å². The zero-order chi connectivity index (χ0) is 21.1. The summed E-state index contributed by atoms with van der Waals surface area (Å²) < 4.78 is 1.62. The molecule has 1 aliphatic heterocycles. The molecule has 8 heteroatoms. The van der Waals surface area contributed by atoms with Crippen LogP contribution in [0.25, 0.3) is 6.08 Å². The predicted molar refractivity (Wildman–Crippen MR) is 115 cm³/mol. The minimum atomic E-state index is -0.557. The Kier molecular flexibility index (Phi) is 5.74. The number of rotatable bonds is 5. The van der Waals surface area contributed by atoms with E-state index in [-0.39, 0.29) is 23.1 Å². The molecule has 0 unspecified atom stereocenters. The number of carbonyl (C=O) groups excluding carboxylic acids is 3. The van der Waals surface area contributed by atoms with Crippen LogP contribution in [0.4, 0.5) is 0 Å². The van der Waals surface area contributed by atoms with Gasteiger partial charge in [-0.05, 0) is 55.9 Å². The number of nitrogens with one attached hydrogen (secondary N) is 2. The molecule has 2 aromatic rings. The van der Waals surface area contributed by atoms with Crippen molar-refractivity contribution >= 4 is 41.1 Å². The van der Waals surface area contributed by atoms with Gasteiger partial charge in [0.25, 0.3) is 17.7 Å². The fourth-order valence-corrected chi connectivity index (χ4v) is 3.26. The third-order valence-electron chi connectivity index (χ3n) is 4.52. The van der Waals surface area contributed by atoms with E-state index in [2.05, 4.69) is 17.3 Å². The summed E-state index contributed by atoms with van der Waals surface area (Å²) in [5, 5.41) is 2.57. The van der Waals surface area contributed by atoms with Gasteiger partial charge in [0, 0.05) is 23.5 Å². The van der Waals surface area contributed by atoms with Crippen LogP contribution < -0.4 is 10.7 Å². The molecule has 3 amide bonds. The molecule has 1 saturated heterocycles. The van der Waals surface area contributed by atoms with Crippen LogP contribution in [0, 0.1) is 13.8 Å². The van der Waals surface area contributed by atoms with E-state index in [1.54, 1.807) is 41.9 Å². The zero-order valence-electron chi connectivity index (χ0n) is 16.1. The highest BCUT2D eigenvalue weighted by atomic mass is 32.1. The van der Waals surface area contributed by atoms with Gasteiger partial charge in [-0.3, -0.25) is 34.7 Å². The van der Waals surface area contributed by atoms with Gasteiger partial charge in [-0.2, -0.15) is 0 Å². The monoisotopic (exact) mass is 408 g/mol. The van der Waals surface area contributed by atoms with Gasteiger partial charge < -0.3 is 0 Å². The SMILES string of the molecule is C=CCN1C(=O)/C(=C\c2cc(C)n(NC(=O)c3ccccc3)c2C)C(=O)NC1=S. The van der Waals surface area contributed by atoms with Crippen LogP contribution in [-0.4, -0.2) is 39.0 Å². The third-order valence-corrected chi connectivity index (χ3v) is 4.84. The number of hydrogen-bond donors (Lipinski definition) is 2. The van der Waals surface area contributed by atoms with E-state index in [0.717, 1.165) is 5.69 Å². The molecule has 0 saturated carbocycles. The van der Waals surface area contributed by atoms with Crippen molar-refractivity contribution in [2.75, 3.05) is 12.0 Å². The fourth-order valence-electron chi connectivity index (χ4n) is 3.01. The molecule has 1 aliphatic rings. The predicted octanol–water partition coefficient (Wildman–Crippen LogP) is 2.30. The quantitative estimate of drug-likeness (QED) is 0.344. The summed E-state index contributed by atoms with van der Waals surface area (Å²) in [6, 6.07) is 10.6. The molecule has 7 nitrogen and oxygen atoms in total. The van der Waals surface area contributed by atoms with Crippen LogP contribution in [0.3, 0.4) is 0 Å². The highest BCUT2D eigenvalue weighted by molar-refractivity contribution is 7.80. The summed E-state index contributed by atoms with van der Waals surface area (Å²) >= 11 is 5.06. The van der Waals surface area contributed by atoms with E-state index in [9.17, 15) is 14.4 Å². The summed E-state index contributed by atoms with van der Waals surface area (Å²) in [5.74, 6) is -1.31. The highest BCUT2D eigenvalue weighted by Crippen LogP contribution is 2.20. The Hall–Kier alpha value is -3.52. The summed E-state index contributed by atoms with van der Waals surface area (Å²) in [4.78, 5) is 38.8. The van der Waals surface area contributed by atoms with Gasteiger partial charge in [0.15, 0.2) is 5.11 Å².